The topological polar surface area (TPSA) is 58.4 Å². The lowest BCUT2D eigenvalue weighted by molar-refractivity contribution is -0.120. The molecule has 5 heteroatoms. The van der Waals surface area contributed by atoms with E-state index in [2.05, 4.69) is 35.1 Å². The minimum atomic E-state index is 0.0193. The first-order valence-corrected chi connectivity index (χ1v) is 9.62. The lowest BCUT2D eigenvalue weighted by atomic mass is 9.95. The summed E-state index contributed by atoms with van der Waals surface area (Å²) in [6.45, 7) is 5.83. The van der Waals surface area contributed by atoms with Crippen LogP contribution in [0.1, 0.15) is 38.2 Å². The number of amides is 1. The minimum Gasteiger partial charge on any atom is -0.423 e. The molecule has 1 aliphatic heterocycles. The van der Waals surface area contributed by atoms with Crippen molar-refractivity contribution in [3.8, 4) is 0 Å². The van der Waals surface area contributed by atoms with Gasteiger partial charge in [0.05, 0.1) is 0 Å². The van der Waals surface area contributed by atoms with Crippen molar-refractivity contribution in [2.45, 2.75) is 32.6 Å². The second-order valence-electron chi connectivity index (χ2n) is 7.46. The minimum absolute atomic E-state index is 0.0193. The molecule has 0 saturated carbocycles. The lowest BCUT2D eigenvalue weighted by Gasteiger charge is -2.30. The van der Waals surface area contributed by atoms with Crippen LogP contribution in [0.25, 0.3) is 11.1 Å². The average Bonchev–Trinajstić information content (AvgIpc) is 3.12. The lowest BCUT2D eigenvalue weighted by Crippen LogP contribution is -2.38. The molecular formula is C22H25N3O2. The molecule has 1 aliphatic rings. The molecule has 0 radical (unpaired) electrons. The summed E-state index contributed by atoms with van der Waals surface area (Å²) in [5, 5.41) is 3.14. The van der Waals surface area contributed by atoms with Gasteiger partial charge in [0.15, 0.2) is 5.58 Å². The van der Waals surface area contributed by atoms with E-state index in [1.165, 1.54) is 5.56 Å². The Kier molecular flexibility index (Phi) is 4.84. The molecule has 2 heterocycles. The molecule has 27 heavy (non-hydrogen) atoms. The zero-order chi connectivity index (χ0) is 18.8. The maximum Gasteiger partial charge on any atom is 0.298 e. The number of carbonyl (C=O) groups excluding carboxylic acids is 1. The highest BCUT2D eigenvalue weighted by Gasteiger charge is 2.27. The Morgan fingerprint density at radius 3 is 2.56 bits per heavy atom. The Labute approximate surface area is 159 Å². The van der Waals surface area contributed by atoms with Crippen molar-refractivity contribution in [2.75, 3.05) is 23.3 Å². The first-order chi connectivity index (χ1) is 13.1. The van der Waals surface area contributed by atoms with Crippen LogP contribution in [-0.2, 0) is 4.79 Å². The molecule has 0 unspecified atom stereocenters. The largest absolute Gasteiger partial charge is 0.423 e. The smallest absolute Gasteiger partial charge is 0.298 e. The maximum atomic E-state index is 12.8. The molecule has 1 N–H and O–H groups in total. The van der Waals surface area contributed by atoms with Crippen molar-refractivity contribution in [2.24, 2.45) is 5.92 Å². The summed E-state index contributed by atoms with van der Waals surface area (Å²) in [4.78, 5) is 19.5. The first-order valence-electron chi connectivity index (χ1n) is 9.62. The number of oxazole rings is 1. The Bertz CT molecular complexity index is 906. The van der Waals surface area contributed by atoms with E-state index in [0.717, 1.165) is 42.7 Å². The number of benzene rings is 2. The number of para-hydroxylation sites is 3. The summed E-state index contributed by atoms with van der Waals surface area (Å²) in [7, 11) is 0. The fourth-order valence-electron chi connectivity index (χ4n) is 3.68. The molecule has 0 spiro atoms. The second kappa shape index (κ2) is 7.43. The first kappa shape index (κ1) is 17.6. The van der Waals surface area contributed by atoms with E-state index in [1.54, 1.807) is 0 Å². The SMILES string of the molecule is CC(C)c1ccccc1NC(=O)C1CCN(c2nc3ccccc3o2)CC1. The normalized spacial score (nSPS) is 15.4. The summed E-state index contributed by atoms with van der Waals surface area (Å²) >= 11 is 0. The number of nitrogens with zero attached hydrogens (tertiary/aromatic N) is 2. The molecule has 5 nitrogen and oxygen atoms in total. The van der Waals surface area contributed by atoms with Gasteiger partial charge >= 0.3 is 0 Å². The van der Waals surface area contributed by atoms with Gasteiger partial charge in [0.2, 0.25) is 5.91 Å². The summed E-state index contributed by atoms with van der Waals surface area (Å²) in [5.74, 6) is 0.508. The molecule has 0 bridgehead atoms. The highest BCUT2D eigenvalue weighted by molar-refractivity contribution is 5.93. The van der Waals surface area contributed by atoms with Gasteiger partial charge in [0, 0.05) is 24.7 Å². The molecule has 1 saturated heterocycles. The molecule has 3 aromatic rings. The van der Waals surface area contributed by atoms with E-state index in [1.807, 2.05) is 42.5 Å². The van der Waals surface area contributed by atoms with Gasteiger partial charge in [0.25, 0.3) is 6.01 Å². The van der Waals surface area contributed by atoms with Crippen LogP contribution in [0.15, 0.2) is 52.9 Å². The zero-order valence-electron chi connectivity index (χ0n) is 15.8. The molecule has 4 rings (SSSR count). The Hall–Kier alpha value is -2.82. The summed E-state index contributed by atoms with van der Waals surface area (Å²) in [6, 6.07) is 16.5. The van der Waals surface area contributed by atoms with Gasteiger partial charge in [0.1, 0.15) is 5.52 Å². The van der Waals surface area contributed by atoms with Crippen LogP contribution in [0.4, 0.5) is 11.7 Å². The standard InChI is InChI=1S/C22H25N3O2/c1-15(2)17-7-3-4-8-18(17)23-21(26)16-11-13-25(14-12-16)22-24-19-9-5-6-10-20(19)27-22/h3-10,15-16H,11-14H2,1-2H3,(H,23,26). The number of nitrogens with one attached hydrogen (secondary N) is 1. The second-order valence-corrected chi connectivity index (χ2v) is 7.46. The third-order valence-electron chi connectivity index (χ3n) is 5.26. The van der Waals surface area contributed by atoms with Crippen LogP contribution in [0, 0.1) is 5.92 Å². The van der Waals surface area contributed by atoms with E-state index in [4.69, 9.17) is 4.42 Å². The van der Waals surface area contributed by atoms with Gasteiger partial charge in [-0.2, -0.15) is 4.98 Å². The van der Waals surface area contributed by atoms with E-state index in [9.17, 15) is 4.79 Å². The molecule has 140 valence electrons. The van der Waals surface area contributed by atoms with Gasteiger partial charge in [-0.15, -0.1) is 0 Å². The quantitative estimate of drug-likeness (QED) is 0.723. The number of fused-ring (bicyclic) bond motifs is 1. The monoisotopic (exact) mass is 363 g/mol. The number of piperidine rings is 1. The third kappa shape index (κ3) is 3.68. The third-order valence-corrected chi connectivity index (χ3v) is 5.26. The van der Waals surface area contributed by atoms with E-state index in [-0.39, 0.29) is 11.8 Å². The molecule has 1 aromatic heterocycles. The van der Waals surface area contributed by atoms with E-state index >= 15 is 0 Å². The summed E-state index contributed by atoms with van der Waals surface area (Å²) in [6.07, 6.45) is 1.60. The average molecular weight is 363 g/mol. The van der Waals surface area contributed by atoms with Crippen LogP contribution in [0.3, 0.4) is 0 Å². The van der Waals surface area contributed by atoms with Gasteiger partial charge in [-0.3, -0.25) is 4.79 Å². The van der Waals surface area contributed by atoms with Crippen LogP contribution in [0.2, 0.25) is 0 Å². The van der Waals surface area contributed by atoms with Gasteiger partial charge in [-0.1, -0.05) is 44.2 Å². The number of aromatic nitrogens is 1. The molecular weight excluding hydrogens is 338 g/mol. The van der Waals surface area contributed by atoms with Crippen molar-refractivity contribution < 1.29 is 9.21 Å². The van der Waals surface area contributed by atoms with Gasteiger partial charge in [-0.25, -0.2) is 0 Å². The molecule has 0 atom stereocenters. The number of carbonyl (C=O) groups is 1. The van der Waals surface area contributed by atoms with Crippen molar-refractivity contribution in [1.29, 1.82) is 0 Å². The Morgan fingerprint density at radius 1 is 1.11 bits per heavy atom. The molecule has 1 fully saturated rings. The maximum absolute atomic E-state index is 12.8. The van der Waals surface area contributed by atoms with Crippen LogP contribution in [0.5, 0.6) is 0 Å². The zero-order valence-corrected chi connectivity index (χ0v) is 15.8. The fraction of sp³-hybridized carbons (Fsp3) is 0.364. The molecule has 2 aromatic carbocycles. The fourth-order valence-corrected chi connectivity index (χ4v) is 3.68. The highest BCUT2D eigenvalue weighted by atomic mass is 16.4. The Morgan fingerprint density at radius 2 is 1.81 bits per heavy atom. The highest BCUT2D eigenvalue weighted by Crippen LogP contribution is 2.28. The van der Waals surface area contributed by atoms with Crippen molar-refractivity contribution in [3.05, 3.63) is 54.1 Å². The van der Waals surface area contributed by atoms with Crippen LogP contribution < -0.4 is 10.2 Å². The molecule has 0 aliphatic carbocycles. The summed E-state index contributed by atoms with van der Waals surface area (Å²) in [5.41, 5.74) is 3.78. The number of anilines is 2. The van der Waals surface area contributed by atoms with Crippen LogP contribution in [-0.4, -0.2) is 24.0 Å². The van der Waals surface area contributed by atoms with Gasteiger partial charge < -0.3 is 14.6 Å². The number of hydrogen-bond donors (Lipinski definition) is 1. The van der Waals surface area contributed by atoms with Crippen LogP contribution >= 0.6 is 0 Å². The predicted molar refractivity (Wildman–Crippen MR) is 108 cm³/mol. The number of rotatable bonds is 4. The van der Waals surface area contributed by atoms with Crippen molar-refractivity contribution in [1.82, 2.24) is 4.98 Å². The van der Waals surface area contributed by atoms with E-state index in [0.29, 0.717) is 11.9 Å². The van der Waals surface area contributed by atoms with Crippen molar-refractivity contribution >= 4 is 28.7 Å². The van der Waals surface area contributed by atoms with Gasteiger partial charge in [-0.05, 0) is 42.5 Å². The molecule has 1 amide bonds. The van der Waals surface area contributed by atoms with Crippen molar-refractivity contribution in [3.63, 3.8) is 0 Å². The van der Waals surface area contributed by atoms with E-state index < -0.39 is 0 Å². The number of hydrogen-bond acceptors (Lipinski definition) is 4. The Balaban J connectivity index is 1.39. The summed E-state index contributed by atoms with van der Waals surface area (Å²) < 4.78 is 5.86. The predicted octanol–water partition coefficient (Wildman–Crippen LogP) is 4.81.